The highest BCUT2D eigenvalue weighted by atomic mass is 35.5. The minimum atomic E-state index is 0.207. The molecule has 0 fully saturated rings. The van der Waals surface area contributed by atoms with Crippen LogP contribution in [-0.4, -0.2) is 11.8 Å². The molecule has 0 nitrogen and oxygen atoms in total. The average molecular weight is 214 g/mol. The lowest BCUT2D eigenvalue weighted by atomic mass is 10.0. The summed E-state index contributed by atoms with van der Waals surface area (Å²) in [5.41, 5.74) is 0.957. The Kier molecular flexibility index (Phi) is 6.12. The summed E-state index contributed by atoms with van der Waals surface area (Å²) in [6, 6.07) is 0. The first-order valence-electron chi connectivity index (χ1n) is 3.29. The predicted octanol–water partition coefficient (Wildman–Crippen LogP) is 3.78. The summed E-state index contributed by atoms with van der Waals surface area (Å²) in [6.07, 6.45) is 1.80. The lowest BCUT2D eigenvalue weighted by Gasteiger charge is -2.10. The maximum atomic E-state index is 5.82. The van der Waals surface area contributed by atoms with E-state index in [0.717, 1.165) is 5.57 Å². The first-order valence-corrected chi connectivity index (χ1v) is 4.74. The van der Waals surface area contributed by atoms with E-state index in [1.165, 1.54) is 0 Å². The smallest absolute Gasteiger partial charge is 0.0582 e. The van der Waals surface area contributed by atoms with Crippen molar-refractivity contribution < 1.29 is 0 Å². The zero-order chi connectivity index (χ0) is 8.85. The van der Waals surface area contributed by atoms with Crippen LogP contribution in [0.1, 0.15) is 6.92 Å². The van der Waals surface area contributed by atoms with Gasteiger partial charge in [0.2, 0.25) is 0 Å². The van der Waals surface area contributed by atoms with Gasteiger partial charge in [0.25, 0.3) is 0 Å². The first-order chi connectivity index (χ1) is 5.17. The maximum absolute atomic E-state index is 5.82. The van der Waals surface area contributed by atoms with Crippen molar-refractivity contribution in [1.82, 2.24) is 0 Å². The minimum Gasteiger partial charge on any atom is -0.122 e. The molecule has 0 amide bonds. The summed E-state index contributed by atoms with van der Waals surface area (Å²) in [4.78, 5) is 0. The Morgan fingerprint density at radius 1 is 1.45 bits per heavy atom. The SMILES string of the molecule is C=CC(C)/C(CCl)=C(/Cl)CCl. The molecule has 0 rings (SSSR count). The summed E-state index contributed by atoms with van der Waals surface area (Å²) in [5, 5.41) is 0.633. The van der Waals surface area contributed by atoms with Gasteiger partial charge in [0.1, 0.15) is 0 Å². The van der Waals surface area contributed by atoms with Crippen molar-refractivity contribution >= 4 is 34.8 Å². The van der Waals surface area contributed by atoms with Gasteiger partial charge >= 0.3 is 0 Å². The van der Waals surface area contributed by atoms with E-state index in [0.29, 0.717) is 16.8 Å². The van der Waals surface area contributed by atoms with E-state index < -0.39 is 0 Å². The maximum Gasteiger partial charge on any atom is 0.0582 e. The summed E-state index contributed by atoms with van der Waals surface area (Å²) >= 11 is 17.0. The quantitative estimate of drug-likeness (QED) is 0.492. The van der Waals surface area contributed by atoms with E-state index in [1.807, 2.05) is 6.92 Å². The molecule has 11 heavy (non-hydrogen) atoms. The zero-order valence-electron chi connectivity index (χ0n) is 6.41. The van der Waals surface area contributed by atoms with Crippen molar-refractivity contribution in [3.63, 3.8) is 0 Å². The normalized spacial score (nSPS) is 15.6. The third kappa shape index (κ3) is 3.50. The van der Waals surface area contributed by atoms with Crippen molar-refractivity contribution in [2.75, 3.05) is 11.8 Å². The van der Waals surface area contributed by atoms with E-state index in [9.17, 15) is 0 Å². The second-order valence-electron chi connectivity index (χ2n) is 2.22. The van der Waals surface area contributed by atoms with Gasteiger partial charge in [0, 0.05) is 10.9 Å². The van der Waals surface area contributed by atoms with Crippen LogP contribution in [0.25, 0.3) is 0 Å². The fraction of sp³-hybridized carbons (Fsp3) is 0.500. The van der Waals surface area contributed by atoms with Crippen LogP contribution in [0.3, 0.4) is 0 Å². The third-order valence-corrected chi connectivity index (χ3v) is 2.58. The predicted molar refractivity (Wildman–Crippen MR) is 53.7 cm³/mol. The summed E-state index contributed by atoms with van der Waals surface area (Å²) in [7, 11) is 0. The van der Waals surface area contributed by atoms with Crippen molar-refractivity contribution in [1.29, 1.82) is 0 Å². The molecule has 0 aliphatic rings. The Balaban J connectivity index is 4.49. The molecule has 0 radical (unpaired) electrons. The Bertz CT molecular complexity index is 161. The van der Waals surface area contributed by atoms with Crippen LogP contribution in [0.5, 0.6) is 0 Å². The molecule has 1 unspecified atom stereocenters. The van der Waals surface area contributed by atoms with Gasteiger partial charge in [-0.15, -0.1) is 29.8 Å². The summed E-state index contributed by atoms with van der Waals surface area (Å²) in [5.74, 6) is 0.944. The lowest BCUT2D eigenvalue weighted by Crippen LogP contribution is -2.00. The standard InChI is InChI=1S/C8H11Cl3/c1-3-6(2)7(4-9)8(11)5-10/h3,6H,1,4-5H2,2H3/b8-7+. The molecule has 0 saturated carbocycles. The van der Waals surface area contributed by atoms with Crippen molar-refractivity contribution in [2.24, 2.45) is 5.92 Å². The van der Waals surface area contributed by atoms with Crippen molar-refractivity contribution in [3.05, 3.63) is 23.3 Å². The fourth-order valence-electron chi connectivity index (χ4n) is 0.669. The van der Waals surface area contributed by atoms with Gasteiger partial charge in [-0.3, -0.25) is 0 Å². The molecule has 64 valence electrons. The molecule has 0 aromatic rings. The average Bonchev–Trinajstić information content (AvgIpc) is 2.05. The number of rotatable bonds is 4. The highest BCUT2D eigenvalue weighted by Crippen LogP contribution is 2.21. The molecule has 0 bridgehead atoms. The highest BCUT2D eigenvalue weighted by Gasteiger charge is 2.07. The number of allylic oxidation sites excluding steroid dienone is 3. The molecule has 0 aliphatic heterocycles. The monoisotopic (exact) mass is 212 g/mol. The Morgan fingerprint density at radius 3 is 2.27 bits per heavy atom. The topological polar surface area (TPSA) is 0 Å². The van der Waals surface area contributed by atoms with E-state index in [-0.39, 0.29) is 5.92 Å². The Morgan fingerprint density at radius 2 is 2.00 bits per heavy atom. The van der Waals surface area contributed by atoms with Crippen LogP contribution in [0.4, 0.5) is 0 Å². The summed E-state index contributed by atoms with van der Waals surface area (Å²) in [6.45, 7) is 5.64. The molecule has 0 aliphatic carbocycles. The molecule has 3 heteroatoms. The molecular weight excluding hydrogens is 202 g/mol. The fourth-order valence-corrected chi connectivity index (χ4v) is 1.55. The van der Waals surface area contributed by atoms with Gasteiger partial charge in [-0.25, -0.2) is 0 Å². The summed E-state index contributed by atoms with van der Waals surface area (Å²) < 4.78 is 0. The van der Waals surface area contributed by atoms with Crippen molar-refractivity contribution in [2.45, 2.75) is 6.92 Å². The van der Waals surface area contributed by atoms with Gasteiger partial charge in [0.15, 0.2) is 0 Å². The number of halogens is 3. The molecule has 0 saturated heterocycles. The van der Waals surface area contributed by atoms with Crippen LogP contribution >= 0.6 is 34.8 Å². The molecular formula is C8H11Cl3. The number of hydrogen-bond acceptors (Lipinski definition) is 0. The van der Waals surface area contributed by atoms with Gasteiger partial charge in [-0.05, 0) is 11.5 Å². The molecule has 0 spiro atoms. The lowest BCUT2D eigenvalue weighted by molar-refractivity contribution is 0.861. The van der Waals surface area contributed by atoms with Gasteiger partial charge in [0.05, 0.1) is 5.88 Å². The van der Waals surface area contributed by atoms with Crippen LogP contribution < -0.4 is 0 Å². The molecule has 0 heterocycles. The third-order valence-electron chi connectivity index (χ3n) is 1.51. The number of hydrogen-bond donors (Lipinski definition) is 0. The zero-order valence-corrected chi connectivity index (χ0v) is 8.68. The molecule has 1 atom stereocenters. The first kappa shape index (κ1) is 11.4. The van der Waals surface area contributed by atoms with Gasteiger partial charge < -0.3 is 0 Å². The van der Waals surface area contributed by atoms with Crippen LogP contribution in [0.2, 0.25) is 0 Å². The highest BCUT2D eigenvalue weighted by molar-refractivity contribution is 6.36. The van der Waals surface area contributed by atoms with E-state index in [2.05, 4.69) is 6.58 Å². The van der Waals surface area contributed by atoms with Crippen molar-refractivity contribution in [3.8, 4) is 0 Å². The minimum absolute atomic E-state index is 0.207. The largest absolute Gasteiger partial charge is 0.122 e. The Hall–Kier alpha value is 0.350. The van der Waals surface area contributed by atoms with E-state index >= 15 is 0 Å². The van der Waals surface area contributed by atoms with E-state index in [4.69, 9.17) is 34.8 Å². The molecule has 0 aromatic heterocycles. The van der Waals surface area contributed by atoms with E-state index in [1.54, 1.807) is 6.08 Å². The van der Waals surface area contributed by atoms with Crippen LogP contribution in [-0.2, 0) is 0 Å². The van der Waals surface area contributed by atoms with Crippen LogP contribution in [0.15, 0.2) is 23.3 Å². The molecule has 0 aromatic carbocycles. The van der Waals surface area contributed by atoms with Crippen LogP contribution in [0, 0.1) is 5.92 Å². The Labute approximate surface area is 82.8 Å². The van der Waals surface area contributed by atoms with Gasteiger partial charge in [-0.2, -0.15) is 0 Å². The number of alkyl halides is 2. The second-order valence-corrected chi connectivity index (χ2v) is 3.21. The second kappa shape index (κ2) is 5.93. The molecule has 0 N–H and O–H groups in total. The van der Waals surface area contributed by atoms with Gasteiger partial charge in [-0.1, -0.05) is 24.6 Å².